The first kappa shape index (κ1) is 26.8. The highest BCUT2D eigenvalue weighted by molar-refractivity contribution is 7.80. The van der Waals surface area contributed by atoms with Crippen LogP contribution in [0.25, 0.3) is 0 Å². The molecule has 1 aromatic rings. The van der Waals surface area contributed by atoms with Crippen LogP contribution in [0.3, 0.4) is 0 Å². The Morgan fingerprint density at radius 2 is 1.59 bits per heavy atom. The topological polar surface area (TPSA) is 49.9 Å². The maximum absolute atomic E-state index is 5.73. The molecule has 3 heterocycles. The van der Waals surface area contributed by atoms with Gasteiger partial charge >= 0.3 is 0 Å². The van der Waals surface area contributed by atoms with E-state index >= 15 is 0 Å². The van der Waals surface area contributed by atoms with Gasteiger partial charge in [0, 0.05) is 38.9 Å². The summed E-state index contributed by atoms with van der Waals surface area (Å²) in [5, 5.41) is 3.44. The van der Waals surface area contributed by atoms with E-state index in [1.807, 2.05) is 18.3 Å². The van der Waals surface area contributed by atoms with Crippen molar-refractivity contribution in [2.45, 2.75) is 5.92 Å². The van der Waals surface area contributed by atoms with Crippen LogP contribution in [0.1, 0.15) is 11.6 Å². The molecular weight excluding hydrogens is 431 g/mol. The molecular formula is C17H29Cl3N4O2S. The average molecular weight is 460 g/mol. The molecule has 0 aromatic carbocycles. The van der Waals surface area contributed by atoms with Gasteiger partial charge in [-0.3, -0.25) is 14.8 Å². The highest BCUT2D eigenvalue weighted by Gasteiger charge is 2.23. The minimum Gasteiger partial charge on any atom is -0.379 e. The van der Waals surface area contributed by atoms with Gasteiger partial charge in [-0.15, -0.1) is 37.2 Å². The van der Waals surface area contributed by atoms with Gasteiger partial charge in [-0.2, -0.15) is 0 Å². The number of hydrogen-bond donors (Lipinski definition) is 1. The van der Waals surface area contributed by atoms with Crippen molar-refractivity contribution in [2.75, 3.05) is 65.8 Å². The lowest BCUT2D eigenvalue weighted by molar-refractivity contribution is 0.0352. The van der Waals surface area contributed by atoms with E-state index in [-0.39, 0.29) is 43.1 Å². The van der Waals surface area contributed by atoms with Gasteiger partial charge in [0.15, 0.2) is 0 Å². The van der Waals surface area contributed by atoms with Crippen molar-refractivity contribution in [1.29, 1.82) is 0 Å². The summed E-state index contributed by atoms with van der Waals surface area (Å²) in [4.78, 5) is 10.2. The van der Waals surface area contributed by atoms with Crippen LogP contribution in [0.2, 0.25) is 0 Å². The van der Waals surface area contributed by atoms with Gasteiger partial charge in [0.2, 0.25) is 0 Å². The summed E-state index contributed by atoms with van der Waals surface area (Å²) in [6.45, 7) is 8.65. The normalized spacial score (nSPS) is 19.0. The summed E-state index contributed by atoms with van der Waals surface area (Å²) >= 11 is 5.73. The number of ether oxygens (including phenoxy) is 2. The number of pyridine rings is 1. The van der Waals surface area contributed by atoms with Crippen molar-refractivity contribution in [3.63, 3.8) is 0 Å². The fraction of sp³-hybridized carbons (Fsp3) is 0.647. The predicted molar refractivity (Wildman–Crippen MR) is 119 cm³/mol. The van der Waals surface area contributed by atoms with E-state index in [0.29, 0.717) is 0 Å². The second kappa shape index (κ2) is 14.7. The molecule has 10 heteroatoms. The smallest absolute Gasteiger partial charge is 0.0868 e. The summed E-state index contributed by atoms with van der Waals surface area (Å²) in [7, 11) is 0. The van der Waals surface area contributed by atoms with Crippen LogP contribution in [0.15, 0.2) is 24.4 Å². The van der Waals surface area contributed by atoms with E-state index in [0.717, 1.165) is 76.5 Å². The van der Waals surface area contributed by atoms with Crippen LogP contribution in [0.4, 0.5) is 0 Å². The Bertz CT molecular complexity index is 518. The quantitative estimate of drug-likeness (QED) is 0.653. The van der Waals surface area contributed by atoms with Gasteiger partial charge in [-0.1, -0.05) is 18.3 Å². The summed E-state index contributed by atoms with van der Waals surface area (Å²) in [5.74, 6) is 0.111. The van der Waals surface area contributed by atoms with Crippen molar-refractivity contribution >= 4 is 54.4 Å². The predicted octanol–water partition coefficient (Wildman–Crippen LogP) is 1.97. The zero-order valence-corrected chi connectivity index (χ0v) is 18.5. The average Bonchev–Trinajstić information content (AvgIpc) is 2.66. The Labute approximate surface area is 185 Å². The molecule has 1 atom stereocenters. The molecule has 0 amide bonds. The third-order valence-electron chi connectivity index (χ3n) is 4.49. The number of rotatable bonds is 6. The molecule has 1 unspecified atom stereocenters. The minimum absolute atomic E-state index is 0. The summed E-state index contributed by atoms with van der Waals surface area (Å²) in [5.41, 5.74) is 1.03. The zero-order valence-electron chi connectivity index (χ0n) is 15.2. The van der Waals surface area contributed by atoms with Crippen LogP contribution >= 0.6 is 49.4 Å². The first-order valence-corrected chi connectivity index (χ1v) is 9.02. The molecule has 27 heavy (non-hydrogen) atoms. The van der Waals surface area contributed by atoms with Crippen LogP contribution < -0.4 is 5.32 Å². The molecule has 0 saturated carbocycles. The molecule has 2 fully saturated rings. The van der Waals surface area contributed by atoms with Crippen LogP contribution in [-0.4, -0.2) is 85.6 Å². The molecule has 2 saturated heterocycles. The Morgan fingerprint density at radius 1 is 1.00 bits per heavy atom. The fourth-order valence-electron chi connectivity index (χ4n) is 3.01. The number of aromatic nitrogens is 1. The molecule has 2 aliphatic rings. The number of halogens is 3. The zero-order chi connectivity index (χ0) is 16.6. The van der Waals surface area contributed by atoms with Gasteiger partial charge < -0.3 is 14.8 Å². The van der Waals surface area contributed by atoms with Crippen molar-refractivity contribution in [1.82, 2.24) is 20.1 Å². The Kier molecular flexibility index (Phi) is 14.6. The van der Waals surface area contributed by atoms with Crippen LogP contribution in [0.5, 0.6) is 0 Å². The molecule has 0 bridgehead atoms. The maximum atomic E-state index is 5.73. The first-order valence-electron chi connectivity index (χ1n) is 8.62. The first-order chi connectivity index (χ1) is 11.8. The number of morpholine rings is 2. The summed E-state index contributed by atoms with van der Waals surface area (Å²) in [6.07, 6.45) is 1.84. The Hall–Kier alpha value is -0.250. The number of nitrogens with one attached hydrogen (secondary N) is 1. The van der Waals surface area contributed by atoms with Crippen LogP contribution in [-0.2, 0) is 9.47 Å². The Morgan fingerprint density at radius 3 is 2.15 bits per heavy atom. The SMILES string of the molecule is Cl.Cl.Cl.S=C(NCN1CCOCC1)C(CN1CCOCC1)c1ccccn1. The molecule has 1 N–H and O–H groups in total. The molecule has 2 aliphatic heterocycles. The monoisotopic (exact) mass is 458 g/mol. The lowest BCUT2D eigenvalue weighted by Gasteiger charge is -2.32. The minimum atomic E-state index is 0. The van der Waals surface area contributed by atoms with E-state index in [4.69, 9.17) is 21.7 Å². The third-order valence-corrected chi connectivity index (χ3v) is 4.92. The highest BCUT2D eigenvalue weighted by atomic mass is 35.5. The van der Waals surface area contributed by atoms with Gasteiger partial charge in [0.25, 0.3) is 0 Å². The second-order valence-corrected chi connectivity index (χ2v) is 6.59. The van der Waals surface area contributed by atoms with Crippen molar-refractivity contribution in [3.8, 4) is 0 Å². The van der Waals surface area contributed by atoms with E-state index in [9.17, 15) is 0 Å². The largest absolute Gasteiger partial charge is 0.379 e. The van der Waals surface area contributed by atoms with Crippen LogP contribution in [0, 0.1) is 0 Å². The van der Waals surface area contributed by atoms with E-state index in [1.165, 1.54) is 0 Å². The van der Waals surface area contributed by atoms with Crippen molar-refractivity contribution in [2.24, 2.45) is 0 Å². The van der Waals surface area contributed by atoms with E-state index in [2.05, 4.69) is 26.2 Å². The van der Waals surface area contributed by atoms with Crippen molar-refractivity contribution < 1.29 is 9.47 Å². The number of hydrogen-bond acceptors (Lipinski definition) is 6. The maximum Gasteiger partial charge on any atom is 0.0868 e. The van der Waals surface area contributed by atoms with Gasteiger partial charge in [0.05, 0.1) is 49.7 Å². The lowest BCUT2D eigenvalue weighted by atomic mass is 10.0. The number of thiocarbonyl (C=S) groups is 1. The summed E-state index contributed by atoms with van der Waals surface area (Å²) in [6, 6.07) is 6.03. The molecule has 0 radical (unpaired) electrons. The number of nitrogens with zero attached hydrogens (tertiary/aromatic N) is 3. The third kappa shape index (κ3) is 8.75. The van der Waals surface area contributed by atoms with E-state index < -0.39 is 0 Å². The second-order valence-electron chi connectivity index (χ2n) is 6.15. The standard InChI is InChI=1S/C17H26N4O2S.3ClH/c24-17(19-14-21-7-11-23-12-8-21)15(16-3-1-2-4-18-16)13-20-5-9-22-10-6-20;;;/h1-4,15H,5-14H2,(H,19,24);3*1H. The molecule has 3 rings (SSSR count). The summed E-state index contributed by atoms with van der Waals surface area (Å²) < 4.78 is 10.8. The lowest BCUT2D eigenvalue weighted by Crippen LogP contribution is -2.46. The van der Waals surface area contributed by atoms with Crippen molar-refractivity contribution in [3.05, 3.63) is 30.1 Å². The molecule has 0 aliphatic carbocycles. The molecule has 6 nitrogen and oxygen atoms in total. The van der Waals surface area contributed by atoms with E-state index in [1.54, 1.807) is 0 Å². The Balaban J connectivity index is 0.00000225. The highest BCUT2D eigenvalue weighted by Crippen LogP contribution is 2.17. The van der Waals surface area contributed by atoms with Gasteiger partial charge in [0.1, 0.15) is 0 Å². The molecule has 1 aromatic heterocycles. The van der Waals surface area contributed by atoms with Gasteiger partial charge in [-0.25, -0.2) is 0 Å². The molecule has 0 spiro atoms. The molecule has 156 valence electrons. The fourth-order valence-corrected chi connectivity index (χ4v) is 3.27. The van der Waals surface area contributed by atoms with Gasteiger partial charge in [-0.05, 0) is 12.1 Å².